The van der Waals surface area contributed by atoms with Crippen molar-refractivity contribution in [3.8, 4) is 0 Å². The maximum Gasteiger partial charge on any atom is 0 e. The van der Waals surface area contributed by atoms with Crippen LogP contribution >= 0.6 is 11.6 Å². The number of carbonyl (C=O) groups is 4. The Morgan fingerprint density at radius 1 is 0.956 bits per heavy atom. The van der Waals surface area contributed by atoms with Crippen molar-refractivity contribution in [1.82, 2.24) is 4.57 Å². The van der Waals surface area contributed by atoms with E-state index in [0.29, 0.717) is 16.3 Å². The van der Waals surface area contributed by atoms with Crippen LogP contribution in [0.2, 0.25) is 5.02 Å². The molecule has 2 N–H and O–H groups in total. The Labute approximate surface area is 314 Å². The minimum Gasteiger partial charge on any atom is 0 e. The Balaban J connectivity index is 0.000000832. The van der Waals surface area contributed by atoms with E-state index in [0.717, 1.165) is 40.9 Å². The van der Waals surface area contributed by atoms with Gasteiger partial charge in [-0.1, -0.05) is 29.3 Å². The molecule has 11 nitrogen and oxygen atoms in total. The second-order valence-corrected chi connectivity index (χ2v) is 10.2. The van der Waals surface area contributed by atoms with Crippen LogP contribution in [-0.4, -0.2) is 71.5 Å². The molecule has 0 saturated heterocycles. The van der Waals surface area contributed by atoms with Gasteiger partial charge in [-0.25, -0.2) is 0 Å². The van der Waals surface area contributed by atoms with Gasteiger partial charge in [-0.05, 0) is 62.7 Å². The van der Waals surface area contributed by atoms with E-state index in [1.807, 2.05) is 25.1 Å². The molecule has 3 aromatic rings. The summed E-state index contributed by atoms with van der Waals surface area (Å²) in [6.45, 7) is 6.27. The number of ether oxygens (including phenoxy) is 1. The molecule has 3 rings (SSSR count). The van der Waals surface area contributed by atoms with E-state index < -0.39 is 29.9 Å². The van der Waals surface area contributed by atoms with Crippen LogP contribution in [0.25, 0.3) is 33.0 Å². The quantitative estimate of drug-likeness (QED) is 0.127. The molecule has 0 fully saturated rings. The van der Waals surface area contributed by atoms with Gasteiger partial charge in [0.1, 0.15) is 0 Å². The van der Waals surface area contributed by atoms with Crippen molar-refractivity contribution < 1.29 is 79.0 Å². The van der Waals surface area contributed by atoms with Gasteiger partial charge >= 0.3 is 22.4 Å². The third-order valence-corrected chi connectivity index (χ3v) is 6.98. The number of aromatic nitrogens is 1. The molecule has 0 aliphatic heterocycles. The number of amides is 2. The van der Waals surface area contributed by atoms with Crippen molar-refractivity contribution in [2.75, 3.05) is 31.2 Å². The summed E-state index contributed by atoms with van der Waals surface area (Å²) in [5.74, 6) is -1.84. The molecule has 1 heterocycles. The number of benzene rings is 2. The maximum absolute atomic E-state index is 13.0. The largest absolute Gasteiger partial charge is 0 e. The normalized spacial score (nSPS) is 11.6. The molecule has 240 valence electrons. The van der Waals surface area contributed by atoms with Crippen molar-refractivity contribution in [3.05, 3.63) is 92.0 Å². The predicted molar refractivity (Wildman–Crippen MR) is 171 cm³/mol. The summed E-state index contributed by atoms with van der Waals surface area (Å²) in [5.41, 5.74) is 17.9. The summed E-state index contributed by atoms with van der Waals surface area (Å²) in [5, 5.41) is 9.39. The molecule has 0 aliphatic carbocycles. The molecule has 1 unspecified atom stereocenters. The zero-order valence-electron chi connectivity index (χ0n) is 24.9. The Bertz CT molecular complexity index is 1430. The van der Waals surface area contributed by atoms with Gasteiger partial charge in [-0.15, -0.1) is 6.04 Å². The molecule has 0 spiro atoms. The summed E-state index contributed by atoms with van der Waals surface area (Å²) in [4.78, 5) is 46.4. The summed E-state index contributed by atoms with van der Waals surface area (Å²) < 4.78 is 14.6. The number of nitrogens with one attached hydrogen (secondary N) is 2. The summed E-state index contributed by atoms with van der Waals surface area (Å²) >= 11 is 16.3. The molecular formula is C29H32ClN5O6S2TcY-2. The van der Waals surface area contributed by atoms with Crippen LogP contribution < -0.4 is 0 Å². The van der Waals surface area contributed by atoms with E-state index in [-0.39, 0.29) is 76.2 Å². The second kappa shape index (κ2) is 22.9. The molecule has 2 atom stereocenters. The number of esters is 1. The average Bonchev–Trinajstić information content (AvgIpc) is 3.25. The first-order valence-corrected chi connectivity index (χ1v) is 15.5. The van der Waals surface area contributed by atoms with Gasteiger partial charge in [0.05, 0.1) is 18.0 Å². The van der Waals surface area contributed by atoms with Gasteiger partial charge in [-0.3, -0.25) is 14.2 Å². The van der Waals surface area contributed by atoms with Crippen LogP contribution in [0.15, 0.2) is 42.5 Å². The van der Waals surface area contributed by atoms with Crippen molar-refractivity contribution in [2.24, 2.45) is 0 Å². The van der Waals surface area contributed by atoms with E-state index >= 15 is 0 Å². The number of fused-ring (bicyclic) bond motifs is 1. The van der Waals surface area contributed by atoms with Gasteiger partial charge in [0, 0.05) is 66.7 Å². The minimum atomic E-state index is -0.796. The van der Waals surface area contributed by atoms with Gasteiger partial charge in [0.25, 0.3) is 11.9 Å². The molecule has 2 amide bonds. The monoisotopic (exact) mass is 831 g/mol. The van der Waals surface area contributed by atoms with Crippen molar-refractivity contribution >= 4 is 71.5 Å². The van der Waals surface area contributed by atoms with Crippen LogP contribution in [0.3, 0.4) is 0 Å². The zero-order valence-corrected chi connectivity index (χ0v) is 32.0. The third kappa shape index (κ3) is 13.7. The average molecular weight is 833 g/mol. The van der Waals surface area contributed by atoms with Gasteiger partial charge in [0.2, 0.25) is 0 Å². The number of aryl methyl sites for hydroxylation is 1. The minimum absolute atomic E-state index is 0. The van der Waals surface area contributed by atoms with Crippen molar-refractivity contribution in [2.45, 2.75) is 39.3 Å². The second-order valence-electron chi connectivity index (χ2n) is 9.13. The van der Waals surface area contributed by atoms with Gasteiger partial charge < -0.3 is 61.7 Å². The Morgan fingerprint density at radius 3 is 2.00 bits per heavy atom. The maximum atomic E-state index is 13.0. The molecule has 45 heavy (non-hydrogen) atoms. The molecule has 0 bridgehead atoms. The van der Waals surface area contributed by atoms with Crippen LogP contribution in [0, 0.1) is 13.8 Å². The Morgan fingerprint density at radius 2 is 1.51 bits per heavy atom. The smallest absolute Gasteiger partial charge is 0 e. The summed E-state index contributed by atoms with van der Waals surface area (Å²) in [6, 6.07) is 11.0. The number of halogens is 1. The SMILES string of the molecule is CCOC(=O)[C@@H](C[S-])[N-]CC[N-]C(C[S-])C([NH-])=O.Cc1ccc2c(c1)c(CC([NH-])=O)c(C)n2C(=O)c1ccc(Cl)cc1.[O]=[Tc+4].[Y]. The molecule has 16 heteroatoms. The van der Waals surface area contributed by atoms with Crippen LogP contribution in [-0.2, 0) is 106 Å². The third-order valence-electron chi connectivity index (χ3n) is 6.10. The first-order chi connectivity index (χ1) is 20.9. The molecular weight excluding hydrogens is 801 g/mol. The fourth-order valence-electron chi connectivity index (χ4n) is 4.04. The molecule has 0 aliphatic rings. The van der Waals surface area contributed by atoms with Gasteiger partial charge in [-0.2, -0.15) is 24.6 Å². The van der Waals surface area contributed by atoms with Crippen LogP contribution in [0.1, 0.15) is 34.1 Å². The topological polar surface area (TPSA) is 175 Å². The number of hydrogen-bond donors (Lipinski definition) is 0. The summed E-state index contributed by atoms with van der Waals surface area (Å²) in [7, 11) is 0. The predicted octanol–water partition coefficient (Wildman–Crippen LogP) is 5.30. The molecule has 1 aromatic heterocycles. The number of hydrogen-bond acceptors (Lipinski definition) is 8. The van der Waals surface area contributed by atoms with Gasteiger partial charge in [0.15, 0.2) is 0 Å². The van der Waals surface area contributed by atoms with Crippen molar-refractivity contribution in [1.29, 1.82) is 0 Å². The molecule has 2 aromatic carbocycles. The van der Waals surface area contributed by atoms with E-state index in [9.17, 15) is 19.2 Å². The fraction of sp³-hybridized carbons (Fsp3) is 0.379. The Hall–Kier alpha value is -1.48. The van der Waals surface area contributed by atoms with Crippen molar-refractivity contribution in [3.63, 3.8) is 0 Å². The number of rotatable bonds is 13. The Kier molecular flexibility index (Phi) is 22.2. The molecule has 1 radical (unpaired) electrons. The standard InChI is InChI=1S/C19H17ClN2O2.C10H19N3O3S2.O.Tc.Y/c1-11-3-8-17-16(9-11)15(10-18(21)23)12(2)22(17)19(24)13-4-6-14(20)7-5-13;1-2-16-10(15)8(6-18)13-4-3-12-7(5-17)9(11)14;;;/h3-9H,10H2,1-2H3,(H2,21,23);7-8H,2-6H2,1H3,(H4,11,14,17,18);;;/q;-2;;+4;/p-4/t;7?,8-;;;/m.1.../s1. The van der Waals surface area contributed by atoms with E-state index in [1.54, 1.807) is 42.7 Å². The number of carbonyl (C=O) groups excluding carboxylic acids is 4. The van der Waals surface area contributed by atoms with E-state index in [2.05, 4.69) is 10.6 Å². The zero-order chi connectivity index (χ0) is 33.4. The van der Waals surface area contributed by atoms with Crippen LogP contribution in [0.4, 0.5) is 0 Å². The number of nitrogens with zero attached hydrogens (tertiary/aromatic N) is 3. The van der Waals surface area contributed by atoms with Crippen LogP contribution in [0.5, 0.6) is 0 Å². The first-order valence-electron chi connectivity index (χ1n) is 13.2. The summed E-state index contributed by atoms with van der Waals surface area (Å²) in [6.07, 6.45) is -0.00726. The van der Waals surface area contributed by atoms with E-state index in [1.165, 1.54) is 0 Å². The van der Waals surface area contributed by atoms with E-state index in [4.69, 9.17) is 56.6 Å². The molecule has 0 saturated carbocycles. The first kappa shape index (κ1) is 43.5. The fourth-order valence-corrected chi connectivity index (χ4v) is 4.66.